The highest BCUT2D eigenvalue weighted by Gasteiger charge is 2.10. The number of hydrogen-bond acceptors (Lipinski definition) is 4. The highest BCUT2D eigenvalue weighted by molar-refractivity contribution is 5.76. The maximum atomic E-state index is 11.9. The minimum absolute atomic E-state index is 0.148. The van der Waals surface area contributed by atoms with Gasteiger partial charge < -0.3 is 19.7 Å². The SMILES string of the molecule is CNCCN(C)C(=O)CCc1ccc(OC)c(OC)c1. The second-order valence-electron chi connectivity index (χ2n) is 4.61. The van der Waals surface area contributed by atoms with E-state index in [9.17, 15) is 4.79 Å². The number of nitrogens with zero attached hydrogens (tertiary/aromatic N) is 1. The molecule has 0 aliphatic carbocycles. The summed E-state index contributed by atoms with van der Waals surface area (Å²) in [7, 11) is 6.92. The van der Waals surface area contributed by atoms with E-state index in [1.807, 2.05) is 32.3 Å². The standard InChI is InChI=1S/C15H24N2O3/c1-16-9-10-17(2)15(18)8-6-12-5-7-13(19-3)14(11-12)20-4/h5,7,11,16H,6,8-10H2,1-4H3. The Labute approximate surface area is 120 Å². The van der Waals surface area contributed by atoms with Crippen LogP contribution in [0, 0.1) is 0 Å². The van der Waals surface area contributed by atoms with Crippen molar-refractivity contribution in [1.29, 1.82) is 0 Å². The molecule has 1 aromatic carbocycles. The molecule has 0 saturated carbocycles. The number of rotatable bonds is 8. The lowest BCUT2D eigenvalue weighted by Gasteiger charge is -2.17. The number of amides is 1. The van der Waals surface area contributed by atoms with E-state index >= 15 is 0 Å². The minimum atomic E-state index is 0.148. The van der Waals surface area contributed by atoms with Gasteiger partial charge in [-0.2, -0.15) is 0 Å². The topological polar surface area (TPSA) is 50.8 Å². The van der Waals surface area contributed by atoms with Crippen LogP contribution in [0.2, 0.25) is 0 Å². The van der Waals surface area contributed by atoms with Gasteiger partial charge in [-0.25, -0.2) is 0 Å². The maximum absolute atomic E-state index is 11.9. The zero-order chi connectivity index (χ0) is 15.0. The van der Waals surface area contributed by atoms with Gasteiger partial charge in [0.25, 0.3) is 0 Å². The summed E-state index contributed by atoms with van der Waals surface area (Å²) in [5.41, 5.74) is 1.07. The van der Waals surface area contributed by atoms with Crippen LogP contribution in [0.5, 0.6) is 11.5 Å². The Kier molecular flexibility index (Phi) is 6.87. The molecule has 5 heteroatoms. The van der Waals surface area contributed by atoms with Gasteiger partial charge in [-0.3, -0.25) is 4.79 Å². The predicted molar refractivity (Wildman–Crippen MR) is 79.4 cm³/mol. The van der Waals surface area contributed by atoms with Gasteiger partial charge in [-0.1, -0.05) is 6.07 Å². The number of carbonyl (C=O) groups is 1. The van der Waals surface area contributed by atoms with E-state index in [1.54, 1.807) is 19.1 Å². The molecule has 0 spiro atoms. The van der Waals surface area contributed by atoms with Crippen molar-refractivity contribution >= 4 is 5.91 Å². The van der Waals surface area contributed by atoms with E-state index in [1.165, 1.54) is 0 Å². The molecule has 0 fully saturated rings. The third-order valence-electron chi connectivity index (χ3n) is 3.20. The van der Waals surface area contributed by atoms with Crippen LogP contribution in [-0.2, 0) is 11.2 Å². The summed E-state index contributed by atoms with van der Waals surface area (Å²) in [5.74, 6) is 1.55. The first-order valence-electron chi connectivity index (χ1n) is 6.71. The van der Waals surface area contributed by atoms with Crippen LogP contribution in [0.15, 0.2) is 18.2 Å². The molecule has 1 N–H and O–H groups in total. The fourth-order valence-corrected chi connectivity index (χ4v) is 1.88. The summed E-state index contributed by atoms with van der Waals surface area (Å²) < 4.78 is 10.4. The van der Waals surface area contributed by atoms with Crippen LogP contribution >= 0.6 is 0 Å². The molecule has 0 bridgehead atoms. The quantitative estimate of drug-likeness (QED) is 0.780. The van der Waals surface area contributed by atoms with Crippen molar-refractivity contribution in [2.45, 2.75) is 12.8 Å². The summed E-state index contributed by atoms with van der Waals surface area (Å²) >= 11 is 0. The average molecular weight is 280 g/mol. The van der Waals surface area contributed by atoms with Crippen molar-refractivity contribution in [2.24, 2.45) is 0 Å². The van der Waals surface area contributed by atoms with E-state index in [0.717, 1.165) is 18.7 Å². The maximum Gasteiger partial charge on any atom is 0.222 e. The van der Waals surface area contributed by atoms with Crippen LogP contribution < -0.4 is 14.8 Å². The van der Waals surface area contributed by atoms with E-state index in [2.05, 4.69) is 5.32 Å². The zero-order valence-electron chi connectivity index (χ0n) is 12.7. The molecule has 20 heavy (non-hydrogen) atoms. The fraction of sp³-hybridized carbons (Fsp3) is 0.533. The number of hydrogen-bond donors (Lipinski definition) is 1. The van der Waals surface area contributed by atoms with E-state index in [4.69, 9.17) is 9.47 Å². The molecule has 0 aliphatic heterocycles. The van der Waals surface area contributed by atoms with Gasteiger partial charge in [0.05, 0.1) is 14.2 Å². The Morgan fingerprint density at radius 2 is 1.95 bits per heavy atom. The molecule has 0 heterocycles. The Morgan fingerprint density at radius 3 is 2.55 bits per heavy atom. The number of nitrogens with one attached hydrogen (secondary N) is 1. The Bertz CT molecular complexity index is 435. The minimum Gasteiger partial charge on any atom is -0.493 e. The Hall–Kier alpha value is -1.75. The summed E-state index contributed by atoms with van der Waals surface area (Å²) in [6.45, 7) is 1.53. The molecule has 0 aromatic heterocycles. The van der Waals surface area contributed by atoms with Crippen molar-refractivity contribution in [3.63, 3.8) is 0 Å². The first-order chi connectivity index (χ1) is 9.62. The van der Waals surface area contributed by atoms with Gasteiger partial charge in [-0.05, 0) is 31.2 Å². The smallest absolute Gasteiger partial charge is 0.222 e. The highest BCUT2D eigenvalue weighted by Crippen LogP contribution is 2.27. The van der Waals surface area contributed by atoms with Crippen LogP contribution in [0.3, 0.4) is 0 Å². The summed E-state index contributed by atoms with van der Waals surface area (Å²) in [5, 5.41) is 3.03. The van der Waals surface area contributed by atoms with Crippen molar-refractivity contribution < 1.29 is 14.3 Å². The largest absolute Gasteiger partial charge is 0.493 e. The molecule has 0 radical (unpaired) electrons. The molecule has 5 nitrogen and oxygen atoms in total. The lowest BCUT2D eigenvalue weighted by Crippen LogP contribution is -2.32. The molecule has 0 atom stereocenters. The number of methoxy groups -OCH3 is 2. The van der Waals surface area contributed by atoms with E-state index in [0.29, 0.717) is 24.3 Å². The van der Waals surface area contributed by atoms with Gasteiger partial charge >= 0.3 is 0 Å². The van der Waals surface area contributed by atoms with Crippen molar-refractivity contribution in [3.8, 4) is 11.5 Å². The zero-order valence-corrected chi connectivity index (χ0v) is 12.7. The van der Waals surface area contributed by atoms with E-state index < -0.39 is 0 Å². The van der Waals surface area contributed by atoms with Crippen molar-refractivity contribution in [2.75, 3.05) is 41.4 Å². The summed E-state index contributed by atoms with van der Waals surface area (Å²) in [6, 6.07) is 5.74. The van der Waals surface area contributed by atoms with Crippen molar-refractivity contribution in [3.05, 3.63) is 23.8 Å². The normalized spacial score (nSPS) is 10.2. The average Bonchev–Trinajstić information content (AvgIpc) is 2.49. The van der Waals surface area contributed by atoms with Gasteiger partial charge in [0.15, 0.2) is 11.5 Å². The Balaban J connectivity index is 2.55. The van der Waals surface area contributed by atoms with Crippen molar-refractivity contribution in [1.82, 2.24) is 10.2 Å². The molecule has 0 saturated heterocycles. The van der Waals surface area contributed by atoms with Gasteiger partial charge in [-0.15, -0.1) is 0 Å². The first-order valence-corrected chi connectivity index (χ1v) is 6.71. The number of benzene rings is 1. The molecule has 0 aliphatic rings. The fourth-order valence-electron chi connectivity index (χ4n) is 1.88. The number of aryl methyl sites for hydroxylation is 1. The Morgan fingerprint density at radius 1 is 1.25 bits per heavy atom. The lowest BCUT2D eigenvalue weighted by molar-refractivity contribution is -0.129. The number of ether oxygens (including phenoxy) is 2. The monoisotopic (exact) mass is 280 g/mol. The summed E-state index contributed by atoms with van der Waals surface area (Å²) in [4.78, 5) is 13.7. The number of likely N-dealkylation sites (N-methyl/N-ethyl adjacent to an activating group) is 2. The molecular formula is C15H24N2O3. The highest BCUT2D eigenvalue weighted by atomic mass is 16.5. The summed E-state index contributed by atoms with van der Waals surface area (Å²) in [6.07, 6.45) is 1.19. The van der Waals surface area contributed by atoms with Crippen LogP contribution in [0.4, 0.5) is 0 Å². The molecular weight excluding hydrogens is 256 g/mol. The van der Waals surface area contributed by atoms with Gasteiger partial charge in [0.1, 0.15) is 0 Å². The number of carbonyl (C=O) groups excluding carboxylic acids is 1. The molecule has 1 aromatic rings. The predicted octanol–water partition coefficient (Wildman–Crippen LogP) is 1.31. The molecule has 112 valence electrons. The second kappa shape index (κ2) is 8.43. The third kappa shape index (κ3) is 4.74. The lowest BCUT2D eigenvalue weighted by atomic mass is 10.1. The van der Waals surface area contributed by atoms with Gasteiger partial charge in [0, 0.05) is 26.6 Å². The van der Waals surface area contributed by atoms with Crippen LogP contribution in [-0.4, -0.2) is 52.2 Å². The third-order valence-corrected chi connectivity index (χ3v) is 3.20. The molecule has 0 unspecified atom stereocenters. The van der Waals surface area contributed by atoms with E-state index in [-0.39, 0.29) is 5.91 Å². The first kappa shape index (κ1) is 16.3. The van der Waals surface area contributed by atoms with Crippen LogP contribution in [0.1, 0.15) is 12.0 Å². The molecule has 1 amide bonds. The van der Waals surface area contributed by atoms with Crippen LogP contribution in [0.25, 0.3) is 0 Å². The molecule has 1 rings (SSSR count). The second-order valence-corrected chi connectivity index (χ2v) is 4.61. The van der Waals surface area contributed by atoms with Gasteiger partial charge in [0.2, 0.25) is 5.91 Å².